The lowest BCUT2D eigenvalue weighted by atomic mass is 10.0. The first-order valence-corrected chi connectivity index (χ1v) is 5.46. The van der Waals surface area contributed by atoms with Crippen LogP contribution in [-0.4, -0.2) is 5.84 Å². The Hall–Kier alpha value is -1.83. The molecule has 16 heavy (non-hydrogen) atoms. The molecule has 0 bridgehead atoms. The van der Waals surface area contributed by atoms with Crippen molar-refractivity contribution in [2.75, 3.05) is 0 Å². The van der Waals surface area contributed by atoms with Gasteiger partial charge in [-0.15, -0.1) is 0 Å². The molecule has 82 valence electrons. The molecule has 2 aliphatic rings. The molecule has 2 heteroatoms. The van der Waals surface area contributed by atoms with Crippen LogP contribution in [0.5, 0.6) is 0 Å². The smallest absolute Gasteiger partial charge is 0.123 e. The number of rotatable bonds is 0. The van der Waals surface area contributed by atoms with Crippen LogP contribution in [-0.2, 0) is 0 Å². The summed E-state index contributed by atoms with van der Waals surface area (Å²) < 4.78 is 0. The number of fused-ring (bicyclic) bond motifs is 1. The number of nitrogens with two attached hydrogens (primary N) is 1. The Labute approximate surface area is 96.3 Å². The summed E-state index contributed by atoms with van der Waals surface area (Å²) in [5, 5.41) is 0. The Kier molecular flexibility index (Phi) is 2.91. The highest BCUT2D eigenvalue weighted by Gasteiger charge is 2.11. The molecule has 0 aromatic heterocycles. The molecular formula is C14H16N2. The highest BCUT2D eigenvalue weighted by atomic mass is 14.9. The van der Waals surface area contributed by atoms with Crippen molar-refractivity contribution in [2.24, 2.45) is 10.7 Å². The summed E-state index contributed by atoms with van der Waals surface area (Å²) in [5.41, 5.74) is 10.5. The van der Waals surface area contributed by atoms with Crippen LogP contribution in [0, 0.1) is 0 Å². The van der Waals surface area contributed by atoms with Crippen molar-refractivity contribution in [1.82, 2.24) is 0 Å². The summed E-state index contributed by atoms with van der Waals surface area (Å²) >= 11 is 0. The molecule has 0 unspecified atom stereocenters. The van der Waals surface area contributed by atoms with E-state index in [-0.39, 0.29) is 0 Å². The first-order chi connectivity index (χ1) is 7.69. The van der Waals surface area contributed by atoms with Crippen LogP contribution in [0.2, 0.25) is 0 Å². The van der Waals surface area contributed by atoms with Crippen molar-refractivity contribution < 1.29 is 0 Å². The van der Waals surface area contributed by atoms with E-state index in [1.54, 1.807) is 0 Å². The molecule has 0 radical (unpaired) electrons. The molecule has 0 saturated carbocycles. The van der Waals surface area contributed by atoms with Crippen LogP contribution < -0.4 is 5.73 Å². The molecule has 0 saturated heterocycles. The van der Waals surface area contributed by atoms with E-state index < -0.39 is 0 Å². The van der Waals surface area contributed by atoms with E-state index in [1.807, 2.05) is 25.2 Å². The molecule has 1 heterocycles. The van der Waals surface area contributed by atoms with Gasteiger partial charge in [0.2, 0.25) is 0 Å². The second-order valence-corrected chi connectivity index (χ2v) is 4.07. The van der Waals surface area contributed by atoms with Gasteiger partial charge in [-0.3, -0.25) is 0 Å². The van der Waals surface area contributed by atoms with Crippen molar-refractivity contribution in [2.45, 2.75) is 20.3 Å². The highest BCUT2D eigenvalue weighted by molar-refractivity contribution is 5.93. The maximum absolute atomic E-state index is 5.82. The standard InChI is InChI=1S/C14H16N2/c1-3-11-5-4-6-13-12(9-11)7-10(2)8-14(15)16-13/h3-6,8-9H,7H2,1-2H3,(H2,15,16)/b11-3-. The van der Waals surface area contributed by atoms with E-state index in [0.717, 1.165) is 12.1 Å². The first kappa shape index (κ1) is 10.7. The van der Waals surface area contributed by atoms with Crippen molar-refractivity contribution in [1.29, 1.82) is 0 Å². The van der Waals surface area contributed by atoms with Crippen LogP contribution >= 0.6 is 0 Å². The fraction of sp³-hybridized carbons (Fsp3) is 0.214. The second kappa shape index (κ2) is 4.35. The average molecular weight is 212 g/mol. The predicted octanol–water partition coefficient (Wildman–Crippen LogP) is 3.02. The van der Waals surface area contributed by atoms with E-state index in [0.29, 0.717) is 5.84 Å². The summed E-state index contributed by atoms with van der Waals surface area (Å²) in [5.74, 6) is 0.587. The average Bonchev–Trinajstić information content (AvgIpc) is 2.47. The summed E-state index contributed by atoms with van der Waals surface area (Å²) in [6.07, 6.45) is 13.2. The van der Waals surface area contributed by atoms with Gasteiger partial charge in [0.05, 0.1) is 5.70 Å². The molecule has 1 aliphatic carbocycles. The zero-order valence-corrected chi connectivity index (χ0v) is 9.70. The van der Waals surface area contributed by atoms with Crippen LogP contribution in [0.1, 0.15) is 20.3 Å². The van der Waals surface area contributed by atoms with Gasteiger partial charge in [-0.25, -0.2) is 4.99 Å². The molecular weight excluding hydrogens is 196 g/mol. The zero-order valence-electron chi connectivity index (χ0n) is 9.70. The van der Waals surface area contributed by atoms with Crippen molar-refractivity contribution in [3.63, 3.8) is 0 Å². The maximum atomic E-state index is 5.82. The first-order valence-electron chi connectivity index (χ1n) is 5.46. The molecule has 0 aromatic carbocycles. The number of allylic oxidation sites excluding steroid dienone is 8. The summed E-state index contributed by atoms with van der Waals surface area (Å²) in [6.45, 7) is 4.12. The van der Waals surface area contributed by atoms with Crippen molar-refractivity contribution >= 4 is 5.84 Å². The van der Waals surface area contributed by atoms with Crippen LogP contribution in [0.15, 0.2) is 63.9 Å². The third kappa shape index (κ3) is 2.22. The van der Waals surface area contributed by atoms with Gasteiger partial charge in [0.15, 0.2) is 0 Å². The SMILES string of the molecule is C/C=C1/C=CC=C2N=C(N)C=C(C)CC2=C1. The number of hydrogen-bond acceptors (Lipinski definition) is 2. The van der Waals surface area contributed by atoms with Crippen LogP contribution in [0.4, 0.5) is 0 Å². The fourth-order valence-electron chi connectivity index (χ4n) is 1.89. The van der Waals surface area contributed by atoms with Gasteiger partial charge in [0.25, 0.3) is 0 Å². The molecule has 2 nitrogen and oxygen atoms in total. The van der Waals surface area contributed by atoms with Crippen molar-refractivity contribution in [3.05, 3.63) is 58.9 Å². The van der Waals surface area contributed by atoms with E-state index >= 15 is 0 Å². The zero-order chi connectivity index (χ0) is 11.5. The lowest BCUT2D eigenvalue weighted by molar-refractivity contribution is 1.11. The van der Waals surface area contributed by atoms with E-state index in [1.165, 1.54) is 16.7 Å². The van der Waals surface area contributed by atoms with Crippen LogP contribution in [0.25, 0.3) is 0 Å². The molecule has 0 aromatic rings. The lowest BCUT2D eigenvalue weighted by Gasteiger charge is -2.04. The van der Waals surface area contributed by atoms with E-state index in [4.69, 9.17) is 5.73 Å². The number of aliphatic imine (C=N–C) groups is 1. The lowest BCUT2D eigenvalue weighted by Crippen LogP contribution is -2.07. The summed E-state index contributed by atoms with van der Waals surface area (Å²) in [4.78, 5) is 4.41. The fourth-order valence-corrected chi connectivity index (χ4v) is 1.89. The van der Waals surface area contributed by atoms with Gasteiger partial charge in [0, 0.05) is 0 Å². The molecule has 2 N–H and O–H groups in total. The molecule has 0 fully saturated rings. The number of amidine groups is 1. The van der Waals surface area contributed by atoms with Gasteiger partial charge < -0.3 is 5.73 Å². The topological polar surface area (TPSA) is 38.4 Å². The minimum absolute atomic E-state index is 0.587. The van der Waals surface area contributed by atoms with E-state index in [2.05, 4.69) is 30.1 Å². The second-order valence-electron chi connectivity index (χ2n) is 4.07. The third-order valence-electron chi connectivity index (χ3n) is 2.66. The third-order valence-corrected chi connectivity index (χ3v) is 2.66. The Balaban J connectivity index is 2.50. The largest absolute Gasteiger partial charge is 0.384 e. The summed E-state index contributed by atoms with van der Waals surface area (Å²) in [6, 6.07) is 0. The van der Waals surface area contributed by atoms with Gasteiger partial charge in [0.1, 0.15) is 5.84 Å². The normalized spacial score (nSPS) is 22.5. The maximum Gasteiger partial charge on any atom is 0.123 e. The van der Waals surface area contributed by atoms with Crippen molar-refractivity contribution in [3.8, 4) is 0 Å². The molecule has 1 aliphatic heterocycles. The van der Waals surface area contributed by atoms with Gasteiger partial charge in [-0.05, 0) is 49.6 Å². The Morgan fingerprint density at radius 2 is 2.19 bits per heavy atom. The quantitative estimate of drug-likeness (QED) is 0.658. The Bertz CT molecular complexity index is 483. The van der Waals surface area contributed by atoms with Gasteiger partial charge in [-0.2, -0.15) is 0 Å². The van der Waals surface area contributed by atoms with Gasteiger partial charge >= 0.3 is 0 Å². The molecule has 0 atom stereocenters. The van der Waals surface area contributed by atoms with Crippen LogP contribution in [0.3, 0.4) is 0 Å². The summed E-state index contributed by atoms with van der Waals surface area (Å²) in [7, 11) is 0. The molecule has 0 spiro atoms. The number of nitrogens with zero attached hydrogens (tertiary/aromatic N) is 1. The Morgan fingerprint density at radius 1 is 1.38 bits per heavy atom. The minimum Gasteiger partial charge on any atom is -0.384 e. The minimum atomic E-state index is 0.587. The molecule has 2 rings (SSSR count). The Morgan fingerprint density at radius 3 is 2.94 bits per heavy atom. The monoisotopic (exact) mass is 212 g/mol. The van der Waals surface area contributed by atoms with Gasteiger partial charge in [-0.1, -0.05) is 23.8 Å². The predicted molar refractivity (Wildman–Crippen MR) is 69.1 cm³/mol. The molecule has 0 amide bonds. The van der Waals surface area contributed by atoms with E-state index in [9.17, 15) is 0 Å². The highest BCUT2D eigenvalue weighted by Crippen LogP contribution is 2.26. The number of hydrogen-bond donors (Lipinski definition) is 1.